The zero-order valence-corrected chi connectivity index (χ0v) is 22.8. The number of rotatable bonds is 7. The van der Waals surface area contributed by atoms with Gasteiger partial charge in [-0.1, -0.05) is 18.2 Å². The molecule has 1 N–H and O–H groups in total. The summed E-state index contributed by atoms with van der Waals surface area (Å²) in [4.78, 5) is 38.6. The van der Waals surface area contributed by atoms with Crippen LogP contribution in [0.2, 0.25) is 0 Å². The first-order valence-corrected chi connectivity index (χ1v) is 13.1. The molecule has 0 unspecified atom stereocenters. The van der Waals surface area contributed by atoms with E-state index in [2.05, 4.69) is 43.2 Å². The van der Waals surface area contributed by atoms with Gasteiger partial charge in [-0.3, -0.25) is 19.3 Å². The third kappa shape index (κ3) is 6.46. The van der Waals surface area contributed by atoms with Crippen LogP contribution in [0.25, 0.3) is 6.08 Å². The number of carbonyl (C=O) groups is 3. The van der Waals surface area contributed by atoms with Crippen LogP contribution in [0.5, 0.6) is 5.75 Å². The van der Waals surface area contributed by atoms with Crippen molar-refractivity contribution in [3.05, 3.63) is 97.0 Å². The largest absolute Gasteiger partial charge is 0.486 e. The second kappa shape index (κ2) is 11.7. The first kappa shape index (κ1) is 26.6. The maximum absolute atomic E-state index is 13.0. The van der Waals surface area contributed by atoms with E-state index in [9.17, 15) is 24.0 Å². The monoisotopic (exact) mass is 643 g/mol. The van der Waals surface area contributed by atoms with Crippen LogP contribution in [0, 0.1) is 17.1 Å². The zero-order valence-electron chi connectivity index (χ0n) is 18.8. The highest BCUT2D eigenvalue weighted by molar-refractivity contribution is 9.11. The molecular formula is C26H16Br2FN3O4S. The Morgan fingerprint density at radius 2 is 1.78 bits per heavy atom. The standard InChI is InChI=1S/C26H16Br2FN3O4S/c27-20-9-15(10-21(28)24(20)36-14-17-4-2-1-3-16(17)12-30)11-22-25(34)32(26(35)37-22)13-23(33)31-19-7-5-18(29)6-8-19/h1-11H,13-14H2,(H,31,33)/b22-11-. The minimum absolute atomic E-state index is 0.162. The predicted molar refractivity (Wildman–Crippen MR) is 145 cm³/mol. The molecule has 3 aromatic rings. The second-order valence-corrected chi connectivity index (χ2v) is 10.4. The lowest BCUT2D eigenvalue weighted by Crippen LogP contribution is -2.36. The van der Waals surface area contributed by atoms with Gasteiger partial charge in [0, 0.05) is 11.3 Å². The van der Waals surface area contributed by atoms with Crippen molar-refractivity contribution in [3.63, 3.8) is 0 Å². The Hall–Kier alpha value is -3.46. The van der Waals surface area contributed by atoms with Crippen LogP contribution in [0.3, 0.4) is 0 Å². The Balaban J connectivity index is 1.45. The van der Waals surface area contributed by atoms with Crippen LogP contribution in [0.15, 0.2) is 74.5 Å². The number of nitriles is 1. The van der Waals surface area contributed by atoms with Crippen molar-refractivity contribution < 1.29 is 23.5 Å². The van der Waals surface area contributed by atoms with Crippen LogP contribution < -0.4 is 10.1 Å². The van der Waals surface area contributed by atoms with E-state index < -0.39 is 29.4 Å². The Labute approximate surface area is 232 Å². The van der Waals surface area contributed by atoms with Crippen molar-refractivity contribution in [2.24, 2.45) is 0 Å². The van der Waals surface area contributed by atoms with E-state index in [1.807, 2.05) is 12.1 Å². The number of nitrogens with zero attached hydrogens (tertiary/aromatic N) is 2. The molecule has 0 atom stereocenters. The van der Waals surface area contributed by atoms with Crippen LogP contribution in [-0.4, -0.2) is 28.5 Å². The molecule has 0 bridgehead atoms. The molecule has 1 aliphatic heterocycles. The van der Waals surface area contributed by atoms with Crippen LogP contribution >= 0.6 is 43.6 Å². The molecule has 0 radical (unpaired) electrons. The fraction of sp³-hybridized carbons (Fsp3) is 0.0769. The predicted octanol–water partition coefficient (Wildman–Crippen LogP) is 6.48. The fourth-order valence-electron chi connectivity index (χ4n) is 3.37. The number of thioether (sulfide) groups is 1. The summed E-state index contributed by atoms with van der Waals surface area (Å²) < 4.78 is 20.1. The first-order chi connectivity index (χ1) is 17.7. The lowest BCUT2D eigenvalue weighted by atomic mass is 10.1. The van der Waals surface area contributed by atoms with Gasteiger partial charge >= 0.3 is 0 Å². The number of halogens is 3. The molecule has 3 aromatic carbocycles. The molecule has 3 amide bonds. The maximum atomic E-state index is 13.0. The molecule has 1 heterocycles. The zero-order chi connectivity index (χ0) is 26.5. The molecule has 0 aromatic heterocycles. The Bertz CT molecular complexity index is 1450. The molecule has 0 aliphatic carbocycles. The van der Waals surface area contributed by atoms with E-state index in [-0.39, 0.29) is 11.5 Å². The van der Waals surface area contributed by atoms with Crippen LogP contribution in [0.4, 0.5) is 14.9 Å². The van der Waals surface area contributed by atoms with Crippen molar-refractivity contribution in [1.29, 1.82) is 5.26 Å². The van der Waals surface area contributed by atoms with Gasteiger partial charge in [-0.05, 0) is 97.7 Å². The third-order valence-corrected chi connectivity index (χ3v) is 7.22. The fourth-order valence-corrected chi connectivity index (χ4v) is 5.66. The first-order valence-electron chi connectivity index (χ1n) is 10.7. The number of ether oxygens (including phenoxy) is 1. The van der Waals surface area contributed by atoms with Gasteiger partial charge in [0.05, 0.1) is 25.5 Å². The average Bonchev–Trinajstić information content (AvgIpc) is 3.12. The molecule has 1 saturated heterocycles. The van der Waals surface area contributed by atoms with Crippen LogP contribution in [0.1, 0.15) is 16.7 Å². The highest BCUT2D eigenvalue weighted by Crippen LogP contribution is 2.38. The summed E-state index contributed by atoms with van der Waals surface area (Å²) >= 11 is 7.67. The number of nitrogens with one attached hydrogen (secondary N) is 1. The van der Waals surface area contributed by atoms with Crippen molar-refractivity contribution in [2.75, 3.05) is 11.9 Å². The quantitative estimate of drug-likeness (QED) is 0.296. The van der Waals surface area contributed by atoms with E-state index in [0.717, 1.165) is 22.2 Å². The minimum atomic E-state index is -0.593. The number of hydrogen-bond acceptors (Lipinski definition) is 6. The molecular weight excluding hydrogens is 629 g/mol. The maximum Gasteiger partial charge on any atom is 0.294 e. The summed E-state index contributed by atoms with van der Waals surface area (Å²) in [5.41, 5.74) is 2.23. The molecule has 186 valence electrons. The molecule has 0 spiro atoms. The summed E-state index contributed by atoms with van der Waals surface area (Å²) in [5.74, 6) is -1.11. The minimum Gasteiger partial charge on any atom is -0.486 e. The van der Waals surface area contributed by atoms with E-state index in [1.165, 1.54) is 24.3 Å². The van der Waals surface area contributed by atoms with Gasteiger partial charge in [-0.25, -0.2) is 4.39 Å². The summed E-state index contributed by atoms with van der Waals surface area (Å²) in [7, 11) is 0. The van der Waals surface area contributed by atoms with Crippen LogP contribution in [-0.2, 0) is 16.2 Å². The summed E-state index contributed by atoms with van der Waals surface area (Å²) in [6, 6.07) is 17.9. The molecule has 7 nitrogen and oxygen atoms in total. The molecule has 37 heavy (non-hydrogen) atoms. The SMILES string of the molecule is N#Cc1ccccc1COc1c(Br)cc(/C=C2\SC(=O)N(CC(=O)Nc3ccc(F)cc3)C2=O)cc1Br. The lowest BCUT2D eigenvalue weighted by molar-refractivity contribution is -0.127. The highest BCUT2D eigenvalue weighted by Gasteiger charge is 2.36. The number of anilines is 1. The Morgan fingerprint density at radius 1 is 1.11 bits per heavy atom. The number of hydrogen-bond donors (Lipinski definition) is 1. The summed E-state index contributed by atoms with van der Waals surface area (Å²) in [5, 5.41) is 11.2. The van der Waals surface area contributed by atoms with Gasteiger partial charge in [-0.15, -0.1) is 0 Å². The Kier molecular flexibility index (Phi) is 8.43. The van der Waals surface area contributed by atoms with Gasteiger partial charge in [0.1, 0.15) is 24.7 Å². The lowest BCUT2D eigenvalue weighted by Gasteiger charge is -2.13. The van der Waals surface area contributed by atoms with E-state index in [1.54, 1.807) is 30.3 Å². The third-order valence-electron chi connectivity index (χ3n) is 5.13. The van der Waals surface area contributed by atoms with Crippen molar-refractivity contribution >= 4 is 72.4 Å². The topological polar surface area (TPSA) is 99.5 Å². The molecule has 0 saturated carbocycles. The number of carbonyl (C=O) groups excluding carboxylic acids is 3. The van der Waals surface area contributed by atoms with Crippen molar-refractivity contribution in [1.82, 2.24) is 4.90 Å². The molecule has 1 fully saturated rings. The van der Waals surface area contributed by atoms with E-state index in [0.29, 0.717) is 31.5 Å². The summed E-state index contributed by atoms with van der Waals surface area (Å²) in [6.45, 7) is -0.289. The van der Waals surface area contributed by atoms with Crippen molar-refractivity contribution in [2.45, 2.75) is 6.61 Å². The van der Waals surface area contributed by atoms with E-state index >= 15 is 0 Å². The van der Waals surface area contributed by atoms with Gasteiger partial charge in [0.15, 0.2) is 0 Å². The Morgan fingerprint density at radius 3 is 2.46 bits per heavy atom. The van der Waals surface area contributed by atoms with Gasteiger partial charge in [0.25, 0.3) is 11.1 Å². The molecule has 4 rings (SSSR count). The normalized spacial score (nSPS) is 14.1. The summed E-state index contributed by atoms with van der Waals surface area (Å²) in [6.07, 6.45) is 1.55. The van der Waals surface area contributed by atoms with Gasteiger partial charge in [0.2, 0.25) is 5.91 Å². The highest BCUT2D eigenvalue weighted by atomic mass is 79.9. The van der Waals surface area contributed by atoms with E-state index in [4.69, 9.17) is 4.74 Å². The van der Waals surface area contributed by atoms with Gasteiger partial charge < -0.3 is 10.1 Å². The number of amides is 3. The smallest absolute Gasteiger partial charge is 0.294 e. The number of benzene rings is 3. The average molecular weight is 645 g/mol. The van der Waals surface area contributed by atoms with Gasteiger partial charge in [-0.2, -0.15) is 5.26 Å². The van der Waals surface area contributed by atoms with Crippen molar-refractivity contribution in [3.8, 4) is 11.8 Å². The number of imide groups is 1. The molecule has 11 heteroatoms. The second-order valence-electron chi connectivity index (χ2n) is 7.69. The molecule has 1 aliphatic rings.